The molecular weight excluding hydrogens is 214 g/mol. The predicted molar refractivity (Wildman–Crippen MR) is 57.1 cm³/mol. The minimum Gasteiger partial charge on any atom is -0.480 e. The van der Waals surface area contributed by atoms with E-state index in [1.807, 2.05) is 13.8 Å². The quantitative estimate of drug-likeness (QED) is 0.542. The van der Waals surface area contributed by atoms with Crippen LogP contribution in [0.25, 0.3) is 0 Å². The van der Waals surface area contributed by atoms with Crippen LogP contribution >= 0.6 is 0 Å². The van der Waals surface area contributed by atoms with Gasteiger partial charge in [-0.25, -0.2) is 4.79 Å². The summed E-state index contributed by atoms with van der Waals surface area (Å²) in [6, 6.07) is 0. The Morgan fingerprint density at radius 3 is 2.50 bits per heavy atom. The first-order valence-corrected chi connectivity index (χ1v) is 5.16. The minimum atomic E-state index is -1.09. The van der Waals surface area contributed by atoms with Gasteiger partial charge in [-0.2, -0.15) is 0 Å². The van der Waals surface area contributed by atoms with Crippen LogP contribution in [0.15, 0.2) is 0 Å². The maximum atomic E-state index is 11.0. The molecule has 0 unspecified atom stereocenters. The van der Waals surface area contributed by atoms with E-state index in [0.29, 0.717) is 25.7 Å². The van der Waals surface area contributed by atoms with E-state index in [1.54, 1.807) is 0 Å². The smallest absolute Gasteiger partial charge is 0.329 e. The van der Waals surface area contributed by atoms with Crippen molar-refractivity contribution in [3.8, 4) is 0 Å². The highest BCUT2D eigenvalue weighted by molar-refractivity contribution is 5.77. The van der Waals surface area contributed by atoms with Crippen LogP contribution in [0.2, 0.25) is 0 Å². The predicted octanol–water partition coefficient (Wildman–Crippen LogP) is -0.124. The number of aliphatic carboxylic acids is 1. The highest BCUT2D eigenvalue weighted by Gasteiger charge is 2.02. The van der Waals surface area contributed by atoms with Gasteiger partial charge in [-0.05, 0) is 5.92 Å². The van der Waals surface area contributed by atoms with E-state index in [9.17, 15) is 9.59 Å². The first-order chi connectivity index (χ1) is 7.52. The van der Waals surface area contributed by atoms with Crippen LogP contribution in [-0.2, 0) is 19.1 Å². The van der Waals surface area contributed by atoms with Crippen molar-refractivity contribution < 1.29 is 24.2 Å². The topological polar surface area (TPSA) is 84.9 Å². The van der Waals surface area contributed by atoms with Gasteiger partial charge in [-0.3, -0.25) is 4.79 Å². The molecule has 0 spiro atoms. The van der Waals surface area contributed by atoms with E-state index in [0.717, 1.165) is 0 Å². The summed E-state index contributed by atoms with van der Waals surface area (Å²) in [5.74, 6) is -0.961. The molecule has 2 N–H and O–H groups in total. The molecular formula is C10H19NO5. The summed E-state index contributed by atoms with van der Waals surface area (Å²) in [5, 5.41) is 10.8. The Hall–Kier alpha value is -1.14. The number of carbonyl (C=O) groups excluding carboxylic acids is 1. The zero-order valence-corrected chi connectivity index (χ0v) is 9.69. The number of carboxylic acid groups (broad SMARTS) is 1. The van der Waals surface area contributed by atoms with E-state index in [4.69, 9.17) is 9.84 Å². The summed E-state index contributed by atoms with van der Waals surface area (Å²) < 4.78 is 9.84. The number of rotatable bonds is 9. The van der Waals surface area contributed by atoms with Crippen molar-refractivity contribution >= 4 is 11.9 Å². The van der Waals surface area contributed by atoms with Crippen molar-refractivity contribution in [1.82, 2.24) is 5.32 Å². The molecule has 0 aliphatic carbocycles. The molecule has 0 radical (unpaired) electrons. The number of hydrogen-bond donors (Lipinski definition) is 2. The van der Waals surface area contributed by atoms with Crippen molar-refractivity contribution in [3.63, 3.8) is 0 Å². The molecule has 0 aliphatic rings. The van der Waals surface area contributed by atoms with E-state index < -0.39 is 12.6 Å². The molecule has 0 bridgehead atoms. The number of hydrogen-bond acceptors (Lipinski definition) is 4. The van der Waals surface area contributed by atoms with Crippen LogP contribution in [0.3, 0.4) is 0 Å². The van der Waals surface area contributed by atoms with Gasteiger partial charge in [0.1, 0.15) is 13.2 Å². The molecule has 6 heteroatoms. The first-order valence-electron chi connectivity index (χ1n) is 5.16. The Labute approximate surface area is 94.9 Å². The SMILES string of the molecule is CC(C)COCCNC(=O)COCC(=O)O. The lowest BCUT2D eigenvalue weighted by atomic mass is 10.2. The second-order valence-electron chi connectivity index (χ2n) is 3.71. The van der Waals surface area contributed by atoms with E-state index in [1.165, 1.54) is 0 Å². The van der Waals surface area contributed by atoms with E-state index in [2.05, 4.69) is 10.1 Å². The lowest BCUT2D eigenvalue weighted by Crippen LogP contribution is -2.31. The Bertz CT molecular complexity index is 217. The summed E-state index contributed by atoms with van der Waals surface area (Å²) in [4.78, 5) is 21.1. The second-order valence-corrected chi connectivity index (χ2v) is 3.71. The summed E-state index contributed by atoms with van der Waals surface area (Å²) in [5.41, 5.74) is 0. The van der Waals surface area contributed by atoms with Gasteiger partial charge in [0.05, 0.1) is 6.61 Å². The largest absolute Gasteiger partial charge is 0.480 e. The highest BCUT2D eigenvalue weighted by Crippen LogP contribution is 1.90. The molecule has 0 saturated carbocycles. The molecule has 6 nitrogen and oxygen atoms in total. The fraction of sp³-hybridized carbons (Fsp3) is 0.800. The molecule has 0 fully saturated rings. The van der Waals surface area contributed by atoms with E-state index >= 15 is 0 Å². The summed E-state index contributed by atoms with van der Waals surface area (Å²) in [6.07, 6.45) is 0. The van der Waals surface area contributed by atoms with Gasteiger partial charge >= 0.3 is 5.97 Å². The maximum absolute atomic E-state index is 11.0. The fourth-order valence-electron chi connectivity index (χ4n) is 0.864. The normalized spacial score (nSPS) is 10.4. The zero-order valence-electron chi connectivity index (χ0n) is 9.69. The van der Waals surface area contributed by atoms with Gasteiger partial charge in [0.2, 0.25) is 5.91 Å². The Balaban J connectivity index is 3.27. The van der Waals surface area contributed by atoms with Crippen molar-refractivity contribution in [2.24, 2.45) is 5.92 Å². The van der Waals surface area contributed by atoms with Crippen LogP contribution in [0.5, 0.6) is 0 Å². The highest BCUT2D eigenvalue weighted by atomic mass is 16.5. The third kappa shape index (κ3) is 10.9. The maximum Gasteiger partial charge on any atom is 0.329 e. The number of amides is 1. The van der Waals surface area contributed by atoms with Crippen molar-refractivity contribution in [2.45, 2.75) is 13.8 Å². The summed E-state index contributed by atoms with van der Waals surface area (Å²) in [7, 11) is 0. The Morgan fingerprint density at radius 1 is 1.25 bits per heavy atom. The summed E-state index contributed by atoms with van der Waals surface area (Å²) in [6.45, 7) is 4.89. The van der Waals surface area contributed by atoms with Crippen LogP contribution in [0.1, 0.15) is 13.8 Å². The Kier molecular flexibility index (Phi) is 8.46. The van der Waals surface area contributed by atoms with Crippen LogP contribution in [0, 0.1) is 5.92 Å². The number of carbonyl (C=O) groups is 2. The molecule has 94 valence electrons. The standard InChI is InChI=1S/C10H19NO5/c1-8(2)5-15-4-3-11-9(12)6-16-7-10(13)14/h8H,3-7H2,1-2H3,(H,11,12)(H,13,14). The zero-order chi connectivity index (χ0) is 12.4. The summed E-state index contributed by atoms with van der Waals surface area (Å²) >= 11 is 0. The van der Waals surface area contributed by atoms with Crippen molar-refractivity contribution in [2.75, 3.05) is 33.0 Å². The minimum absolute atomic E-state index is 0.240. The molecule has 0 aromatic carbocycles. The van der Waals surface area contributed by atoms with Gasteiger partial charge in [0.15, 0.2) is 0 Å². The van der Waals surface area contributed by atoms with Gasteiger partial charge in [0.25, 0.3) is 0 Å². The number of carboxylic acids is 1. The number of nitrogens with one attached hydrogen (secondary N) is 1. The molecule has 0 aromatic rings. The molecule has 1 amide bonds. The van der Waals surface area contributed by atoms with E-state index in [-0.39, 0.29) is 12.5 Å². The molecule has 0 atom stereocenters. The average molecular weight is 233 g/mol. The second kappa shape index (κ2) is 9.11. The van der Waals surface area contributed by atoms with Gasteiger partial charge in [-0.15, -0.1) is 0 Å². The molecule has 0 saturated heterocycles. The van der Waals surface area contributed by atoms with Crippen molar-refractivity contribution in [1.29, 1.82) is 0 Å². The van der Waals surface area contributed by atoms with Gasteiger partial charge < -0.3 is 19.9 Å². The fourth-order valence-corrected chi connectivity index (χ4v) is 0.864. The third-order valence-corrected chi connectivity index (χ3v) is 1.48. The monoisotopic (exact) mass is 233 g/mol. The lowest BCUT2D eigenvalue weighted by molar-refractivity contribution is -0.143. The van der Waals surface area contributed by atoms with Crippen molar-refractivity contribution in [3.05, 3.63) is 0 Å². The molecule has 0 heterocycles. The van der Waals surface area contributed by atoms with Crippen LogP contribution < -0.4 is 5.32 Å². The van der Waals surface area contributed by atoms with Gasteiger partial charge in [0, 0.05) is 13.2 Å². The lowest BCUT2D eigenvalue weighted by Gasteiger charge is -2.07. The molecule has 0 rings (SSSR count). The average Bonchev–Trinajstić information content (AvgIpc) is 2.16. The molecule has 0 aliphatic heterocycles. The number of ether oxygens (including phenoxy) is 2. The van der Waals surface area contributed by atoms with Gasteiger partial charge in [-0.1, -0.05) is 13.8 Å². The Morgan fingerprint density at radius 2 is 1.94 bits per heavy atom. The van der Waals surface area contributed by atoms with Crippen LogP contribution in [0.4, 0.5) is 0 Å². The third-order valence-electron chi connectivity index (χ3n) is 1.48. The molecule has 0 aromatic heterocycles. The first kappa shape index (κ1) is 14.9. The molecule has 16 heavy (non-hydrogen) atoms. The van der Waals surface area contributed by atoms with Crippen LogP contribution in [-0.4, -0.2) is 50.0 Å².